The van der Waals surface area contributed by atoms with Gasteiger partial charge in [-0.05, 0) is 117 Å². The zero-order valence-corrected chi connectivity index (χ0v) is 29.1. The minimum absolute atomic E-state index is 0.00837. The number of allylic oxidation sites excluding steroid dienone is 6. The van der Waals surface area contributed by atoms with Crippen LogP contribution in [0.25, 0.3) is 0 Å². The molecule has 252 valence electrons. The van der Waals surface area contributed by atoms with Crippen LogP contribution in [0.5, 0.6) is 11.5 Å². The Labute approximate surface area is 273 Å². The summed E-state index contributed by atoms with van der Waals surface area (Å²) in [5.41, 5.74) is -4.50. The van der Waals surface area contributed by atoms with E-state index in [1.54, 1.807) is 13.8 Å². The third-order valence-electron chi connectivity index (χ3n) is 11.2. The van der Waals surface area contributed by atoms with Crippen LogP contribution in [0.15, 0.2) is 52.8 Å². The number of aromatic hydroxyl groups is 2. The molecular formula is C38H52O8. The van der Waals surface area contributed by atoms with Crippen molar-refractivity contribution in [3.8, 4) is 11.5 Å². The Morgan fingerprint density at radius 2 is 1.57 bits per heavy atom. The minimum Gasteiger partial charge on any atom is -0.504 e. The lowest BCUT2D eigenvalue weighted by atomic mass is 9.38. The van der Waals surface area contributed by atoms with Crippen LogP contribution < -0.4 is 0 Å². The topological polar surface area (TPSA) is 141 Å². The van der Waals surface area contributed by atoms with E-state index < -0.39 is 62.5 Å². The first-order valence-electron chi connectivity index (χ1n) is 16.3. The minimum atomic E-state index is -1.67. The van der Waals surface area contributed by atoms with E-state index in [1.807, 2.05) is 61.5 Å². The average molecular weight is 637 g/mol. The van der Waals surface area contributed by atoms with Crippen LogP contribution in [0.1, 0.15) is 112 Å². The van der Waals surface area contributed by atoms with Gasteiger partial charge in [-0.2, -0.15) is 0 Å². The third kappa shape index (κ3) is 5.66. The van der Waals surface area contributed by atoms with E-state index in [0.29, 0.717) is 12.8 Å². The van der Waals surface area contributed by atoms with Gasteiger partial charge in [-0.25, -0.2) is 0 Å². The Morgan fingerprint density at radius 1 is 0.978 bits per heavy atom. The van der Waals surface area contributed by atoms with Gasteiger partial charge in [0.15, 0.2) is 28.8 Å². The second kappa shape index (κ2) is 11.8. The van der Waals surface area contributed by atoms with E-state index in [4.69, 9.17) is 4.74 Å². The van der Waals surface area contributed by atoms with Crippen LogP contribution in [0.2, 0.25) is 0 Å². The fourth-order valence-electron chi connectivity index (χ4n) is 7.90. The Bertz CT molecular complexity index is 1530. The summed E-state index contributed by atoms with van der Waals surface area (Å²) in [6.45, 7) is 18.4. The predicted molar refractivity (Wildman–Crippen MR) is 176 cm³/mol. The molecule has 1 unspecified atom stereocenters. The summed E-state index contributed by atoms with van der Waals surface area (Å²) in [7, 11) is 0. The molecule has 2 bridgehead atoms. The molecule has 2 aliphatic carbocycles. The highest BCUT2D eigenvalue weighted by Gasteiger charge is 2.74. The van der Waals surface area contributed by atoms with Gasteiger partial charge in [0, 0.05) is 11.5 Å². The first kappa shape index (κ1) is 35.6. The van der Waals surface area contributed by atoms with Gasteiger partial charge in [0.25, 0.3) is 0 Å². The van der Waals surface area contributed by atoms with Crippen molar-refractivity contribution < 1.29 is 39.5 Å². The molecule has 3 aliphatic rings. The molecule has 1 saturated heterocycles. The highest BCUT2D eigenvalue weighted by Crippen LogP contribution is 2.69. The van der Waals surface area contributed by atoms with Crippen LogP contribution in [0.3, 0.4) is 0 Å². The number of aliphatic hydroxyl groups is 2. The van der Waals surface area contributed by atoms with Gasteiger partial charge >= 0.3 is 0 Å². The lowest BCUT2D eigenvalue weighted by Crippen LogP contribution is -2.69. The maximum Gasteiger partial charge on any atom is 0.200 e. The summed E-state index contributed by atoms with van der Waals surface area (Å²) < 4.78 is 6.76. The van der Waals surface area contributed by atoms with Crippen molar-refractivity contribution in [2.45, 2.75) is 119 Å². The van der Waals surface area contributed by atoms with Gasteiger partial charge < -0.3 is 25.2 Å². The van der Waals surface area contributed by atoms with Crippen molar-refractivity contribution in [2.75, 3.05) is 0 Å². The molecule has 0 aromatic heterocycles. The van der Waals surface area contributed by atoms with Gasteiger partial charge in [0.2, 0.25) is 0 Å². The highest BCUT2D eigenvalue weighted by atomic mass is 16.5. The van der Waals surface area contributed by atoms with Gasteiger partial charge in [-0.15, -0.1) is 0 Å². The Morgan fingerprint density at radius 3 is 2.11 bits per heavy atom. The number of phenols is 2. The van der Waals surface area contributed by atoms with Crippen LogP contribution in [0.4, 0.5) is 0 Å². The quantitative estimate of drug-likeness (QED) is 0.0767. The molecule has 4 rings (SSSR count). The maximum absolute atomic E-state index is 15.4. The number of aliphatic hydroxyl groups excluding tert-OH is 1. The molecule has 1 heterocycles. The number of carbonyl (C=O) groups excluding carboxylic acids is 3. The SMILES string of the molecule is CC(C)=CC[C@H]1C[C@@]23C[C@@H](CC(O)C(C)(C)O)C(C)(C)[C@@](CC=C(C)C)(C(=O)C(C(=O)c4ccc(O)c(O)c4)=C2OC1(C)C)C3=O. The summed E-state index contributed by atoms with van der Waals surface area (Å²) in [5.74, 6) is -2.97. The molecule has 46 heavy (non-hydrogen) atoms. The Hall–Kier alpha value is -3.23. The summed E-state index contributed by atoms with van der Waals surface area (Å²) in [6.07, 6.45) is 4.24. The monoisotopic (exact) mass is 636 g/mol. The molecule has 2 fully saturated rings. The number of rotatable bonds is 9. The fraction of sp³-hybridized carbons (Fsp3) is 0.605. The van der Waals surface area contributed by atoms with E-state index >= 15 is 9.59 Å². The second-order valence-electron chi connectivity index (χ2n) is 16.0. The number of fused-ring (bicyclic) bond motifs is 1. The predicted octanol–water partition coefficient (Wildman–Crippen LogP) is 6.75. The number of carbonyl (C=O) groups is 3. The summed E-state index contributed by atoms with van der Waals surface area (Å²) in [6, 6.07) is 3.67. The molecule has 0 radical (unpaired) electrons. The lowest BCUT2D eigenvalue weighted by Gasteiger charge is -2.64. The van der Waals surface area contributed by atoms with E-state index in [0.717, 1.165) is 17.2 Å². The number of Topliss-reactive ketones (excluding diaryl/α,β-unsaturated/α-hetero) is 3. The number of hydrogen-bond donors (Lipinski definition) is 4. The first-order valence-corrected chi connectivity index (χ1v) is 16.3. The average Bonchev–Trinajstić information content (AvgIpc) is 2.92. The molecule has 8 heteroatoms. The van der Waals surface area contributed by atoms with Crippen molar-refractivity contribution in [1.29, 1.82) is 0 Å². The van der Waals surface area contributed by atoms with Crippen molar-refractivity contribution in [3.63, 3.8) is 0 Å². The van der Waals surface area contributed by atoms with E-state index in [-0.39, 0.29) is 47.9 Å². The van der Waals surface area contributed by atoms with Crippen LogP contribution in [0, 0.1) is 28.1 Å². The standard InChI is InChI=1S/C38H52O8/c1-21(2)11-13-24-19-37-20-25(18-28(41)35(7,8)45)34(5,6)38(33(37)44,16-15-22(3)4)31(43)29(32(37)46-36(24,9)10)30(42)23-12-14-26(39)27(40)17-23/h11-12,14-15,17,24-25,28,39-41,45H,13,16,18-20H2,1-10H3/t24-,25+,28?,37+,38-/m0/s1. The van der Waals surface area contributed by atoms with Crippen molar-refractivity contribution >= 4 is 17.3 Å². The van der Waals surface area contributed by atoms with Gasteiger partial charge in [0.05, 0.1) is 17.1 Å². The Kier molecular flexibility index (Phi) is 9.12. The van der Waals surface area contributed by atoms with Crippen molar-refractivity contribution in [1.82, 2.24) is 0 Å². The molecule has 1 spiro atoms. The summed E-state index contributed by atoms with van der Waals surface area (Å²) >= 11 is 0. The summed E-state index contributed by atoms with van der Waals surface area (Å²) in [4.78, 5) is 45.1. The van der Waals surface area contributed by atoms with Crippen molar-refractivity contribution in [2.24, 2.45) is 28.1 Å². The third-order valence-corrected chi connectivity index (χ3v) is 11.2. The van der Waals surface area contributed by atoms with Crippen LogP contribution >= 0.6 is 0 Å². The molecule has 1 aromatic rings. The largest absolute Gasteiger partial charge is 0.504 e. The normalized spacial score (nSPS) is 29.0. The number of phenolic OH excluding ortho intramolecular Hbond substituents is 2. The molecule has 5 atom stereocenters. The number of benzene rings is 1. The van der Waals surface area contributed by atoms with Crippen molar-refractivity contribution in [3.05, 3.63) is 58.4 Å². The van der Waals surface area contributed by atoms with E-state index in [2.05, 4.69) is 6.08 Å². The molecule has 0 amide bonds. The molecule has 1 aliphatic heterocycles. The molecule has 1 saturated carbocycles. The highest BCUT2D eigenvalue weighted by molar-refractivity contribution is 6.35. The van der Waals surface area contributed by atoms with Crippen LogP contribution in [-0.4, -0.2) is 55.1 Å². The van der Waals surface area contributed by atoms with Gasteiger partial charge in [-0.3, -0.25) is 14.4 Å². The smallest absolute Gasteiger partial charge is 0.200 e. The fourth-order valence-corrected chi connectivity index (χ4v) is 7.90. The van der Waals surface area contributed by atoms with Gasteiger partial charge in [0.1, 0.15) is 22.3 Å². The summed E-state index contributed by atoms with van der Waals surface area (Å²) in [5, 5.41) is 42.2. The lowest BCUT2D eigenvalue weighted by molar-refractivity contribution is -0.192. The zero-order valence-electron chi connectivity index (χ0n) is 29.1. The molecular weight excluding hydrogens is 584 g/mol. The molecule has 8 nitrogen and oxygen atoms in total. The van der Waals surface area contributed by atoms with Crippen LogP contribution in [-0.2, 0) is 14.3 Å². The number of ketones is 3. The molecule has 4 N–H and O–H groups in total. The number of ether oxygens (including phenoxy) is 1. The maximum atomic E-state index is 15.4. The van der Waals surface area contributed by atoms with E-state index in [1.165, 1.54) is 12.1 Å². The first-order chi connectivity index (χ1) is 21.0. The zero-order chi connectivity index (χ0) is 34.8. The Balaban J connectivity index is 2.09. The molecule has 1 aromatic carbocycles. The number of hydrogen-bond acceptors (Lipinski definition) is 8. The van der Waals surface area contributed by atoms with E-state index in [9.17, 15) is 25.2 Å². The second-order valence-corrected chi connectivity index (χ2v) is 16.0. The van der Waals surface area contributed by atoms with Gasteiger partial charge in [-0.1, -0.05) is 37.1 Å².